The molecule has 106 valence electrons. The van der Waals surface area contributed by atoms with E-state index in [1.54, 1.807) is 24.3 Å². The van der Waals surface area contributed by atoms with Crippen LogP contribution in [0.1, 0.15) is 37.0 Å². The third-order valence-corrected chi connectivity index (χ3v) is 2.62. The molecule has 1 rings (SSSR count). The van der Waals surface area contributed by atoms with E-state index in [4.69, 9.17) is 9.47 Å². The van der Waals surface area contributed by atoms with Gasteiger partial charge < -0.3 is 14.8 Å². The molecule has 0 aliphatic rings. The SMILES string of the molecule is CCCCNCCOC(=O)c1ccc(OCC)cc1. The molecule has 1 aromatic rings. The van der Waals surface area contributed by atoms with Crippen LogP contribution in [0.5, 0.6) is 5.75 Å². The summed E-state index contributed by atoms with van der Waals surface area (Å²) in [4.78, 5) is 11.7. The topological polar surface area (TPSA) is 47.6 Å². The third-order valence-electron chi connectivity index (χ3n) is 2.62. The fourth-order valence-electron chi connectivity index (χ4n) is 1.58. The molecule has 0 aliphatic carbocycles. The van der Waals surface area contributed by atoms with Crippen molar-refractivity contribution in [1.82, 2.24) is 5.32 Å². The van der Waals surface area contributed by atoms with Crippen LogP contribution in [0.2, 0.25) is 0 Å². The number of rotatable bonds is 9. The monoisotopic (exact) mass is 265 g/mol. The first-order chi connectivity index (χ1) is 9.27. The summed E-state index contributed by atoms with van der Waals surface area (Å²) >= 11 is 0. The van der Waals surface area contributed by atoms with Crippen LogP contribution in [0.25, 0.3) is 0 Å². The van der Waals surface area contributed by atoms with Gasteiger partial charge in [-0.2, -0.15) is 0 Å². The highest BCUT2D eigenvalue weighted by molar-refractivity contribution is 5.89. The van der Waals surface area contributed by atoms with Crippen molar-refractivity contribution in [2.24, 2.45) is 0 Å². The van der Waals surface area contributed by atoms with Gasteiger partial charge in [-0.3, -0.25) is 0 Å². The molecule has 19 heavy (non-hydrogen) atoms. The Morgan fingerprint density at radius 1 is 1.16 bits per heavy atom. The Bertz CT molecular complexity index is 362. The molecule has 0 bridgehead atoms. The van der Waals surface area contributed by atoms with Gasteiger partial charge in [0.05, 0.1) is 12.2 Å². The van der Waals surface area contributed by atoms with Crippen molar-refractivity contribution >= 4 is 5.97 Å². The fourth-order valence-corrected chi connectivity index (χ4v) is 1.58. The van der Waals surface area contributed by atoms with Gasteiger partial charge in [0.1, 0.15) is 12.4 Å². The zero-order chi connectivity index (χ0) is 13.9. The molecule has 0 saturated heterocycles. The van der Waals surface area contributed by atoms with Crippen LogP contribution >= 0.6 is 0 Å². The summed E-state index contributed by atoms with van der Waals surface area (Å²) in [6.07, 6.45) is 2.31. The predicted octanol–water partition coefficient (Wildman–Crippen LogP) is 2.63. The number of ether oxygens (including phenoxy) is 2. The third kappa shape index (κ3) is 6.25. The Hall–Kier alpha value is -1.55. The first kappa shape index (κ1) is 15.5. The van der Waals surface area contributed by atoms with Gasteiger partial charge in [-0.15, -0.1) is 0 Å². The molecule has 0 fully saturated rings. The van der Waals surface area contributed by atoms with Gasteiger partial charge in [-0.25, -0.2) is 4.79 Å². The number of hydrogen-bond donors (Lipinski definition) is 1. The molecule has 0 aromatic heterocycles. The second kappa shape index (κ2) is 9.39. The Kier molecular flexibility index (Phi) is 7.66. The van der Waals surface area contributed by atoms with Crippen molar-refractivity contribution in [2.45, 2.75) is 26.7 Å². The number of unbranched alkanes of at least 4 members (excludes halogenated alkanes) is 1. The number of carbonyl (C=O) groups excluding carboxylic acids is 1. The molecule has 0 heterocycles. The van der Waals surface area contributed by atoms with Crippen LogP contribution in [0.15, 0.2) is 24.3 Å². The predicted molar refractivity (Wildman–Crippen MR) is 75.7 cm³/mol. The van der Waals surface area contributed by atoms with E-state index in [0.29, 0.717) is 25.3 Å². The maximum atomic E-state index is 11.7. The van der Waals surface area contributed by atoms with Crippen LogP contribution in [0.4, 0.5) is 0 Å². The van der Waals surface area contributed by atoms with Gasteiger partial charge in [0.2, 0.25) is 0 Å². The van der Waals surface area contributed by atoms with Crippen LogP contribution in [-0.4, -0.2) is 32.3 Å². The van der Waals surface area contributed by atoms with Gasteiger partial charge in [0.15, 0.2) is 0 Å². The van der Waals surface area contributed by atoms with Crippen molar-refractivity contribution in [1.29, 1.82) is 0 Å². The summed E-state index contributed by atoms with van der Waals surface area (Å²) in [6.45, 7) is 6.75. The molecule has 4 heteroatoms. The van der Waals surface area contributed by atoms with Gasteiger partial charge >= 0.3 is 5.97 Å². The van der Waals surface area contributed by atoms with Crippen molar-refractivity contribution in [3.05, 3.63) is 29.8 Å². The van der Waals surface area contributed by atoms with Crippen LogP contribution < -0.4 is 10.1 Å². The average Bonchev–Trinajstić information content (AvgIpc) is 2.43. The quantitative estimate of drug-likeness (QED) is 0.551. The first-order valence-electron chi connectivity index (χ1n) is 6.88. The van der Waals surface area contributed by atoms with Crippen molar-refractivity contribution in [2.75, 3.05) is 26.3 Å². The lowest BCUT2D eigenvalue weighted by atomic mass is 10.2. The molecule has 0 atom stereocenters. The molecule has 0 amide bonds. The molecule has 0 unspecified atom stereocenters. The highest BCUT2D eigenvalue weighted by Crippen LogP contribution is 2.12. The smallest absolute Gasteiger partial charge is 0.338 e. The first-order valence-corrected chi connectivity index (χ1v) is 6.88. The number of benzene rings is 1. The number of nitrogens with one attached hydrogen (secondary N) is 1. The highest BCUT2D eigenvalue weighted by Gasteiger charge is 2.06. The van der Waals surface area contributed by atoms with Crippen LogP contribution in [0.3, 0.4) is 0 Å². The van der Waals surface area contributed by atoms with Gasteiger partial charge in [0.25, 0.3) is 0 Å². The number of carbonyl (C=O) groups is 1. The second-order valence-electron chi connectivity index (χ2n) is 4.20. The minimum Gasteiger partial charge on any atom is -0.494 e. The number of esters is 1. The number of hydrogen-bond acceptors (Lipinski definition) is 4. The summed E-state index contributed by atoms with van der Waals surface area (Å²) < 4.78 is 10.5. The Morgan fingerprint density at radius 2 is 1.89 bits per heavy atom. The van der Waals surface area contributed by atoms with Crippen molar-refractivity contribution in [3.63, 3.8) is 0 Å². The molecular weight excluding hydrogens is 242 g/mol. The Balaban J connectivity index is 2.25. The molecular formula is C15H23NO3. The van der Waals surface area contributed by atoms with E-state index in [1.807, 2.05) is 6.92 Å². The maximum absolute atomic E-state index is 11.7. The molecule has 0 radical (unpaired) electrons. The fraction of sp³-hybridized carbons (Fsp3) is 0.533. The minimum absolute atomic E-state index is 0.291. The van der Waals surface area contributed by atoms with Gasteiger partial charge in [0, 0.05) is 6.54 Å². The lowest BCUT2D eigenvalue weighted by Gasteiger charge is -2.07. The lowest BCUT2D eigenvalue weighted by Crippen LogP contribution is -2.22. The molecule has 1 aromatic carbocycles. The summed E-state index contributed by atoms with van der Waals surface area (Å²) in [6, 6.07) is 6.99. The largest absolute Gasteiger partial charge is 0.494 e. The zero-order valence-corrected chi connectivity index (χ0v) is 11.8. The second-order valence-corrected chi connectivity index (χ2v) is 4.20. The summed E-state index contributed by atoms with van der Waals surface area (Å²) in [5.41, 5.74) is 0.553. The highest BCUT2D eigenvalue weighted by atomic mass is 16.5. The molecule has 1 N–H and O–H groups in total. The van der Waals surface area contributed by atoms with E-state index in [9.17, 15) is 4.79 Å². The molecule has 0 aliphatic heterocycles. The van der Waals surface area contributed by atoms with Gasteiger partial charge in [-0.1, -0.05) is 13.3 Å². The molecule has 0 spiro atoms. The van der Waals surface area contributed by atoms with Crippen LogP contribution in [0, 0.1) is 0 Å². The molecule has 4 nitrogen and oxygen atoms in total. The van der Waals surface area contributed by atoms with Crippen molar-refractivity contribution < 1.29 is 14.3 Å². The lowest BCUT2D eigenvalue weighted by molar-refractivity contribution is 0.0508. The molecule has 0 saturated carbocycles. The summed E-state index contributed by atoms with van der Waals surface area (Å²) in [5, 5.41) is 3.22. The average molecular weight is 265 g/mol. The van der Waals surface area contributed by atoms with E-state index < -0.39 is 0 Å². The maximum Gasteiger partial charge on any atom is 0.338 e. The van der Waals surface area contributed by atoms with E-state index in [0.717, 1.165) is 18.7 Å². The standard InChI is InChI=1S/C15H23NO3/c1-3-5-10-16-11-12-19-15(17)13-6-8-14(9-7-13)18-4-2/h6-9,16H,3-5,10-12H2,1-2H3. The Labute approximate surface area is 115 Å². The van der Waals surface area contributed by atoms with Gasteiger partial charge in [-0.05, 0) is 44.2 Å². The summed E-state index contributed by atoms with van der Waals surface area (Å²) in [7, 11) is 0. The Morgan fingerprint density at radius 3 is 2.53 bits per heavy atom. The van der Waals surface area contributed by atoms with E-state index in [2.05, 4.69) is 12.2 Å². The summed E-state index contributed by atoms with van der Waals surface area (Å²) in [5.74, 6) is 0.473. The van der Waals surface area contributed by atoms with Crippen molar-refractivity contribution in [3.8, 4) is 5.75 Å². The zero-order valence-electron chi connectivity index (χ0n) is 11.8. The van der Waals surface area contributed by atoms with E-state index in [-0.39, 0.29) is 5.97 Å². The van der Waals surface area contributed by atoms with E-state index in [1.165, 1.54) is 6.42 Å². The van der Waals surface area contributed by atoms with Crippen LogP contribution in [-0.2, 0) is 4.74 Å². The van der Waals surface area contributed by atoms with E-state index >= 15 is 0 Å². The minimum atomic E-state index is -0.291. The normalized spacial score (nSPS) is 10.2.